The molecule has 0 radical (unpaired) electrons. The summed E-state index contributed by atoms with van der Waals surface area (Å²) in [7, 11) is 5.96. The standard InChI is InChI=1S/C32H43N7O2/c1-9-14-23-15-12-13-16-25(23)24(10-2)26-17-18-33-32(35-26)36-28-21-27(34-29(40)11-3)30(37-31(28)41-22(4)5)39(8)20-19-38(6)7/h10-13,15-18,21-22H,3,9,14,19-20H2,1-2,4-8H3,(H,34,40)(H,33,35,36)/b24-10+. The maximum Gasteiger partial charge on any atom is 0.247 e. The van der Waals surface area contributed by atoms with Gasteiger partial charge in [0.15, 0.2) is 5.82 Å². The lowest BCUT2D eigenvalue weighted by Crippen LogP contribution is -2.30. The topological polar surface area (TPSA) is 95.5 Å². The van der Waals surface area contributed by atoms with Crippen LogP contribution in [0.1, 0.15) is 50.9 Å². The number of amides is 1. The number of pyridine rings is 1. The number of carbonyl (C=O) groups is 1. The Kier molecular flexibility index (Phi) is 11.4. The molecule has 9 nitrogen and oxygen atoms in total. The second-order valence-electron chi connectivity index (χ2n) is 10.3. The van der Waals surface area contributed by atoms with Gasteiger partial charge in [0, 0.05) is 31.9 Å². The molecular weight excluding hydrogens is 514 g/mol. The molecule has 0 saturated carbocycles. The molecule has 0 atom stereocenters. The van der Waals surface area contributed by atoms with Crippen molar-refractivity contribution in [3.63, 3.8) is 0 Å². The number of hydrogen-bond acceptors (Lipinski definition) is 8. The van der Waals surface area contributed by atoms with Crippen LogP contribution in [0.3, 0.4) is 0 Å². The quantitative estimate of drug-likeness (QED) is 0.236. The average Bonchev–Trinajstić information content (AvgIpc) is 2.94. The Balaban J connectivity index is 2.05. The first-order chi connectivity index (χ1) is 19.7. The summed E-state index contributed by atoms with van der Waals surface area (Å²) in [6, 6.07) is 12.1. The number of likely N-dealkylation sites (N-methyl/N-ethyl adjacent to an activating group) is 2. The third-order valence-corrected chi connectivity index (χ3v) is 6.30. The number of carbonyl (C=O) groups excluding carboxylic acids is 1. The fraction of sp³-hybridized carbons (Fsp3) is 0.375. The summed E-state index contributed by atoms with van der Waals surface area (Å²) in [5, 5.41) is 6.19. The van der Waals surface area contributed by atoms with Crippen LogP contribution in [0.25, 0.3) is 5.57 Å². The molecular formula is C32H43N7O2. The van der Waals surface area contributed by atoms with Crippen molar-refractivity contribution in [2.24, 2.45) is 0 Å². The van der Waals surface area contributed by atoms with Crippen LogP contribution in [-0.2, 0) is 11.2 Å². The molecule has 41 heavy (non-hydrogen) atoms. The van der Waals surface area contributed by atoms with Gasteiger partial charge in [-0.3, -0.25) is 4.79 Å². The van der Waals surface area contributed by atoms with E-state index in [1.165, 1.54) is 11.6 Å². The molecule has 0 aliphatic carbocycles. The molecule has 1 amide bonds. The van der Waals surface area contributed by atoms with Gasteiger partial charge in [0.2, 0.25) is 17.7 Å². The molecule has 9 heteroatoms. The monoisotopic (exact) mass is 557 g/mol. The number of benzene rings is 1. The van der Waals surface area contributed by atoms with E-state index in [-0.39, 0.29) is 12.0 Å². The summed E-state index contributed by atoms with van der Waals surface area (Å²) in [6.07, 6.45) is 6.96. The highest BCUT2D eigenvalue weighted by Crippen LogP contribution is 2.35. The number of aromatic nitrogens is 3. The van der Waals surface area contributed by atoms with E-state index in [0.29, 0.717) is 35.6 Å². The van der Waals surface area contributed by atoms with Crippen LogP contribution in [0.2, 0.25) is 0 Å². The normalized spacial score (nSPS) is 11.5. The second kappa shape index (κ2) is 14.9. The third kappa shape index (κ3) is 8.62. The van der Waals surface area contributed by atoms with E-state index in [0.717, 1.165) is 36.2 Å². The molecule has 0 spiro atoms. The van der Waals surface area contributed by atoms with E-state index < -0.39 is 0 Å². The number of aryl methyl sites for hydroxylation is 1. The van der Waals surface area contributed by atoms with Crippen LogP contribution >= 0.6 is 0 Å². The Hall–Kier alpha value is -4.24. The summed E-state index contributed by atoms with van der Waals surface area (Å²) < 4.78 is 6.12. The maximum absolute atomic E-state index is 12.3. The number of nitrogens with one attached hydrogen (secondary N) is 2. The number of hydrogen-bond donors (Lipinski definition) is 2. The molecule has 0 aliphatic heterocycles. The van der Waals surface area contributed by atoms with Crippen molar-refractivity contribution >= 4 is 34.6 Å². The molecule has 0 bridgehead atoms. The molecule has 2 heterocycles. The Bertz CT molecular complexity index is 1370. The number of anilines is 4. The zero-order chi connectivity index (χ0) is 29.9. The van der Waals surface area contributed by atoms with Crippen molar-refractivity contribution in [3.05, 3.63) is 78.1 Å². The van der Waals surface area contributed by atoms with Crippen molar-refractivity contribution in [1.29, 1.82) is 0 Å². The van der Waals surface area contributed by atoms with Gasteiger partial charge >= 0.3 is 0 Å². The van der Waals surface area contributed by atoms with Gasteiger partial charge in [-0.15, -0.1) is 0 Å². The summed E-state index contributed by atoms with van der Waals surface area (Å²) in [5.74, 6) is 1.03. The molecule has 1 aromatic carbocycles. The van der Waals surface area contributed by atoms with E-state index in [1.807, 2.05) is 52.9 Å². The van der Waals surface area contributed by atoms with Gasteiger partial charge in [-0.2, -0.15) is 4.98 Å². The highest BCUT2D eigenvalue weighted by atomic mass is 16.5. The zero-order valence-electron chi connectivity index (χ0n) is 25.4. The molecule has 0 unspecified atom stereocenters. The fourth-order valence-electron chi connectivity index (χ4n) is 4.31. The predicted molar refractivity (Wildman–Crippen MR) is 169 cm³/mol. The van der Waals surface area contributed by atoms with Gasteiger partial charge in [-0.1, -0.05) is 50.3 Å². The lowest BCUT2D eigenvalue weighted by molar-refractivity contribution is -0.111. The number of nitrogens with zero attached hydrogens (tertiary/aromatic N) is 5. The molecule has 218 valence electrons. The summed E-state index contributed by atoms with van der Waals surface area (Å²) in [6.45, 7) is 13.2. The SMILES string of the molecule is C=CC(=O)Nc1cc(Nc2nccc(/C(=C/C)c3ccccc3CCC)n2)c(OC(C)C)nc1N(C)CCN(C)C. The van der Waals surface area contributed by atoms with Crippen molar-refractivity contribution < 1.29 is 9.53 Å². The van der Waals surface area contributed by atoms with Gasteiger partial charge in [0.1, 0.15) is 5.69 Å². The fourth-order valence-corrected chi connectivity index (χ4v) is 4.31. The minimum Gasteiger partial charge on any atom is -0.473 e. The zero-order valence-corrected chi connectivity index (χ0v) is 25.4. The van der Waals surface area contributed by atoms with Gasteiger partial charge in [0.05, 0.1) is 17.5 Å². The van der Waals surface area contributed by atoms with Crippen LogP contribution in [0, 0.1) is 0 Å². The van der Waals surface area contributed by atoms with Crippen LogP contribution < -0.4 is 20.3 Å². The first-order valence-electron chi connectivity index (χ1n) is 14.0. The summed E-state index contributed by atoms with van der Waals surface area (Å²) in [4.78, 5) is 30.6. The van der Waals surface area contributed by atoms with Gasteiger partial charge in [0.25, 0.3) is 0 Å². The van der Waals surface area contributed by atoms with Gasteiger partial charge in [-0.05, 0) is 70.6 Å². The van der Waals surface area contributed by atoms with Crippen LogP contribution in [0.15, 0.2) is 61.3 Å². The Morgan fingerprint density at radius 2 is 1.85 bits per heavy atom. The smallest absolute Gasteiger partial charge is 0.247 e. The van der Waals surface area contributed by atoms with Crippen molar-refractivity contribution in [2.45, 2.75) is 46.6 Å². The minimum atomic E-state index is -0.334. The van der Waals surface area contributed by atoms with E-state index in [4.69, 9.17) is 14.7 Å². The number of ether oxygens (including phenoxy) is 1. The molecule has 0 fully saturated rings. The summed E-state index contributed by atoms with van der Waals surface area (Å²) in [5.41, 5.74) is 5.33. The summed E-state index contributed by atoms with van der Waals surface area (Å²) >= 11 is 0. The predicted octanol–water partition coefficient (Wildman–Crippen LogP) is 5.93. The Labute approximate surface area is 244 Å². The lowest BCUT2D eigenvalue weighted by Gasteiger charge is -2.25. The van der Waals surface area contributed by atoms with Gasteiger partial charge in [-0.25, -0.2) is 9.97 Å². The lowest BCUT2D eigenvalue weighted by atomic mass is 9.94. The Morgan fingerprint density at radius 3 is 2.51 bits per heavy atom. The van der Waals surface area contributed by atoms with Crippen molar-refractivity contribution in [2.75, 3.05) is 49.8 Å². The molecule has 2 N–H and O–H groups in total. The highest BCUT2D eigenvalue weighted by Gasteiger charge is 2.20. The first-order valence-corrected chi connectivity index (χ1v) is 14.0. The maximum atomic E-state index is 12.3. The minimum absolute atomic E-state index is 0.131. The van der Waals surface area contributed by atoms with Crippen molar-refractivity contribution in [1.82, 2.24) is 19.9 Å². The van der Waals surface area contributed by atoms with E-state index >= 15 is 0 Å². The number of allylic oxidation sites excluding steroid dienone is 1. The molecule has 0 aliphatic rings. The van der Waals surface area contributed by atoms with E-state index in [2.05, 4.69) is 64.4 Å². The first kappa shape index (κ1) is 31.3. The van der Waals surface area contributed by atoms with Crippen LogP contribution in [0.5, 0.6) is 5.88 Å². The van der Waals surface area contributed by atoms with Crippen molar-refractivity contribution in [3.8, 4) is 5.88 Å². The van der Waals surface area contributed by atoms with Gasteiger partial charge < -0.3 is 25.2 Å². The van der Waals surface area contributed by atoms with Crippen LogP contribution in [0.4, 0.5) is 23.1 Å². The second-order valence-corrected chi connectivity index (χ2v) is 10.3. The molecule has 0 saturated heterocycles. The average molecular weight is 558 g/mol. The van der Waals surface area contributed by atoms with E-state index in [9.17, 15) is 4.79 Å². The third-order valence-electron chi connectivity index (χ3n) is 6.30. The van der Waals surface area contributed by atoms with E-state index in [1.54, 1.807) is 12.3 Å². The van der Waals surface area contributed by atoms with Crippen LogP contribution in [-0.4, -0.2) is 66.1 Å². The number of rotatable bonds is 14. The molecule has 3 rings (SSSR count). The largest absolute Gasteiger partial charge is 0.473 e. The Morgan fingerprint density at radius 1 is 1.10 bits per heavy atom. The molecule has 2 aromatic heterocycles. The molecule has 3 aromatic rings. The highest BCUT2D eigenvalue weighted by molar-refractivity contribution is 6.01.